The van der Waals surface area contributed by atoms with Gasteiger partial charge in [-0.2, -0.15) is 0 Å². The standard InChI is InChI=1S/C27H35NO6S/c1-17(2)23-13-7-18(3)14-24(23)34-26(29)16-33-27(30)21-9-11-22(12-10-21)28-35(31,32)25-15-19(4)6-8-20(25)5/h6,8-12,15,17-18,23-24,28H,7,13-14,16H2,1-5H3. The molecule has 0 spiro atoms. The molecule has 0 saturated heterocycles. The van der Waals surface area contributed by atoms with Crippen molar-refractivity contribution in [3.8, 4) is 0 Å². The number of nitrogens with one attached hydrogen (secondary N) is 1. The van der Waals surface area contributed by atoms with E-state index in [1.807, 2.05) is 13.0 Å². The van der Waals surface area contributed by atoms with Crippen molar-refractivity contribution in [3.05, 3.63) is 59.2 Å². The Morgan fingerprint density at radius 2 is 1.74 bits per heavy atom. The van der Waals surface area contributed by atoms with Crippen LogP contribution < -0.4 is 4.72 Å². The number of ether oxygens (including phenoxy) is 2. The van der Waals surface area contributed by atoms with E-state index in [0.717, 1.165) is 24.8 Å². The van der Waals surface area contributed by atoms with Crippen LogP contribution >= 0.6 is 0 Å². The minimum absolute atomic E-state index is 0.158. The van der Waals surface area contributed by atoms with Crippen molar-refractivity contribution in [2.45, 2.75) is 64.9 Å². The highest BCUT2D eigenvalue weighted by Crippen LogP contribution is 2.35. The van der Waals surface area contributed by atoms with Gasteiger partial charge in [0.25, 0.3) is 10.0 Å². The summed E-state index contributed by atoms with van der Waals surface area (Å²) in [6.07, 6.45) is 2.81. The molecule has 1 N–H and O–H groups in total. The molecule has 0 heterocycles. The molecule has 8 heteroatoms. The number of anilines is 1. The molecule has 3 atom stereocenters. The maximum absolute atomic E-state index is 12.8. The van der Waals surface area contributed by atoms with Gasteiger partial charge < -0.3 is 9.47 Å². The number of carbonyl (C=O) groups excluding carboxylic acids is 2. The largest absolute Gasteiger partial charge is 0.460 e. The number of hydrogen-bond donors (Lipinski definition) is 1. The van der Waals surface area contributed by atoms with Gasteiger partial charge in [-0.25, -0.2) is 18.0 Å². The SMILES string of the molecule is Cc1ccc(C)c(S(=O)(=O)Nc2ccc(C(=O)OCC(=O)OC3CC(C)CCC3C(C)C)cc2)c1. The van der Waals surface area contributed by atoms with Gasteiger partial charge in [-0.15, -0.1) is 0 Å². The van der Waals surface area contributed by atoms with E-state index in [1.165, 1.54) is 24.3 Å². The number of rotatable bonds is 8. The van der Waals surface area contributed by atoms with Gasteiger partial charge in [0.2, 0.25) is 0 Å². The Morgan fingerprint density at radius 3 is 2.40 bits per heavy atom. The average molecular weight is 502 g/mol. The maximum Gasteiger partial charge on any atom is 0.344 e. The predicted octanol–water partition coefficient (Wildman–Crippen LogP) is 5.27. The lowest BCUT2D eigenvalue weighted by atomic mass is 9.75. The summed E-state index contributed by atoms with van der Waals surface area (Å²) in [5.74, 6) is -0.0141. The van der Waals surface area contributed by atoms with Crippen molar-refractivity contribution in [2.24, 2.45) is 17.8 Å². The fourth-order valence-corrected chi connectivity index (χ4v) is 5.93. The van der Waals surface area contributed by atoms with Crippen LogP contribution in [0.25, 0.3) is 0 Å². The summed E-state index contributed by atoms with van der Waals surface area (Å²) >= 11 is 0. The van der Waals surface area contributed by atoms with E-state index in [4.69, 9.17) is 9.47 Å². The minimum atomic E-state index is -3.78. The maximum atomic E-state index is 12.8. The second-order valence-electron chi connectivity index (χ2n) is 9.88. The van der Waals surface area contributed by atoms with Crippen molar-refractivity contribution < 1.29 is 27.5 Å². The van der Waals surface area contributed by atoms with Crippen molar-refractivity contribution in [1.82, 2.24) is 0 Å². The Kier molecular flexibility index (Phi) is 8.59. The third kappa shape index (κ3) is 7.07. The molecular weight excluding hydrogens is 466 g/mol. The fraction of sp³-hybridized carbons (Fsp3) is 0.481. The van der Waals surface area contributed by atoms with Gasteiger partial charge in [0, 0.05) is 5.69 Å². The fourth-order valence-electron chi connectivity index (χ4n) is 4.54. The Hall–Kier alpha value is -2.87. The van der Waals surface area contributed by atoms with Crippen molar-refractivity contribution in [1.29, 1.82) is 0 Å². The highest BCUT2D eigenvalue weighted by Gasteiger charge is 2.33. The van der Waals surface area contributed by atoms with Crippen LogP contribution in [0, 0.1) is 31.6 Å². The van der Waals surface area contributed by atoms with Crippen molar-refractivity contribution >= 4 is 27.6 Å². The number of carbonyl (C=O) groups is 2. The number of aryl methyl sites for hydroxylation is 2. The smallest absolute Gasteiger partial charge is 0.344 e. The molecule has 35 heavy (non-hydrogen) atoms. The molecule has 0 radical (unpaired) electrons. The molecule has 7 nitrogen and oxygen atoms in total. The molecule has 2 aromatic carbocycles. The summed E-state index contributed by atoms with van der Waals surface area (Å²) in [6.45, 7) is 9.52. The second-order valence-corrected chi connectivity index (χ2v) is 11.5. The molecule has 0 amide bonds. The summed E-state index contributed by atoms with van der Waals surface area (Å²) in [5, 5.41) is 0. The van der Waals surface area contributed by atoms with Gasteiger partial charge in [0.15, 0.2) is 6.61 Å². The van der Waals surface area contributed by atoms with Crippen LogP contribution in [-0.4, -0.2) is 33.1 Å². The Bertz CT molecular complexity index is 1160. The zero-order chi connectivity index (χ0) is 25.8. The van der Waals surface area contributed by atoms with Crippen LogP contribution in [0.5, 0.6) is 0 Å². The van der Waals surface area contributed by atoms with E-state index in [0.29, 0.717) is 29.0 Å². The van der Waals surface area contributed by atoms with Gasteiger partial charge >= 0.3 is 11.9 Å². The second kappa shape index (κ2) is 11.2. The summed E-state index contributed by atoms with van der Waals surface area (Å²) in [5.41, 5.74) is 2.00. The molecule has 190 valence electrons. The van der Waals surface area contributed by atoms with Crippen molar-refractivity contribution in [2.75, 3.05) is 11.3 Å². The lowest BCUT2D eigenvalue weighted by molar-refractivity contribution is -0.159. The molecule has 1 aliphatic rings. The molecule has 2 aromatic rings. The molecule has 3 unspecified atom stereocenters. The van der Waals surface area contributed by atoms with Crippen LogP contribution in [0.4, 0.5) is 5.69 Å². The van der Waals surface area contributed by atoms with Crippen LogP contribution in [-0.2, 0) is 24.3 Å². The lowest BCUT2D eigenvalue weighted by Crippen LogP contribution is -2.36. The van der Waals surface area contributed by atoms with Gasteiger partial charge in [-0.1, -0.05) is 39.3 Å². The molecule has 0 aliphatic heterocycles. The Labute approximate surface area is 208 Å². The first-order valence-electron chi connectivity index (χ1n) is 12.0. The zero-order valence-electron chi connectivity index (χ0n) is 21.0. The van der Waals surface area contributed by atoms with Gasteiger partial charge in [0.05, 0.1) is 10.5 Å². The first kappa shape index (κ1) is 26.7. The topological polar surface area (TPSA) is 98.8 Å². The third-order valence-electron chi connectivity index (χ3n) is 6.57. The first-order valence-corrected chi connectivity index (χ1v) is 13.5. The highest BCUT2D eigenvalue weighted by molar-refractivity contribution is 7.92. The van der Waals surface area contributed by atoms with Crippen molar-refractivity contribution in [3.63, 3.8) is 0 Å². The molecule has 0 bridgehead atoms. The first-order chi connectivity index (χ1) is 16.5. The Morgan fingerprint density at radius 1 is 1.06 bits per heavy atom. The normalized spacial score (nSPS) is 20.3. The van der Waals surface area contributed by atoms with E-state index in [9.17, 15) is 18.0 Å². The van der Waals surface area contributed by atoms with Gasteiger partial charge in [-0.3, -0.25) is 4.72 Å². The molecule has 0 aromatic heterocycles. The molecular formula is C27H35NO6S. The van der Waals surface area contributed by atoms with Crippen LogP contribution in [0.1, 0.15) is 61.5 Å². The van der Waals surface area contributed by atoms with E-state index >= 15 is 0 Å². The van der Waals surface area contributed by atoms with E-state index in [-0.39, 0.29) is 16.6 Å². The van der Waals surface area contributed by atoms with Gasteiger partial charge in [0.1, 0.15) is 6.10 Å². The molecule has 1 fully saturated rings. The number of benzene rings is 2. The van der Waals surface area contributed by atoms with E-state index in [1.54, 1.807) is 19.1 Å². The lowest BCUT2D eigenvalue weighted by Gasteiger charge is -2.36. The van der Waals surface area contributed by atoms with Crippen LogP contribution in [0.2, 0.25) is 0 Å². The monoisotopic (exact) mass is 501 g/mol. The summed E-state index contributed by atoms with van der Waals surface area (Å²) in [6, 6.07) is 11.1. The Balaban J connectivity index is 1.56. The quantitative estimate of drug-likeness (QED) is 0.495. The number of sulfonamides is 1. The summed E-state index contributed by atoms with van der Waals surface area (Å²) in [7, 11) is -3.78. The number of hydrogen-bond acceptors (Lipinski definition) is 6. The predicted molar refractivity (Wildman–Crippen MR) is 135 cm³/mol. The van der Waals surface area contributed by atoms with Crippen LogP contribution in [0.3, 0.4) is 0 Å². The molecule has 1 aliphatic carbocycles. The average Bonchev–Trinajstić information content (AvgIpc) is 2.79. The molecule has 1 saturated carbocycles. The van der Waals surface area contributed by atoms with E-state index in [2.05, 4.69) is 25.5 Å². The van der Waals surface area contributed by atoms with E-state index < -0.39 is 28.6 Å². The minimum Gasteiger partial charge on any atom is -0.460 e. The number of esters is 2. The third-order valence-corrected chi connectivity index (χ3v) is 8.09. The van der Waals surface area contributed by atoms with Crippen LogP contribution in [0.15, 0.2) is 47.4 Å². The summed E-state index contributed by atoms with van der Waals surface area (Å²) < 4.78 is 38.9. The highest BCUT2D eigenvalue weighted by atomic mass is 32.2. The zero-order valence-corrected chi connectivity index (χ0v) is 21.9. The summed E-state index contributed by atoms with van der Waals surface area (Å²) in [4.78, 5) is 24.9. The van der Waals surface area contributed by atoms with Gasteiger partial charge in [-0.05, 0) is 85.9 Å². The molecule has 3 rings (SSSR count).